The fourth-order valence-electron chi connectivity index (χ4n) is 4.82. The van der Waals surface area contributed by atoms with Gasteiger partial charge in [-0.25, -0.2) is 0 Å². The second-order valence-corrected chi connectivity index (χ2v) is 6.97. The van der Waals surface area contributed by atoms with Crippen LogP contribution in [0.15, 0.2) is 30.3 Å². The van der Waals surface area contributed by atoms with Crippen LogP contribution in [0.3, 0.4) is 0 Å². The van der Waals surface area contributed by atoms with Gasteiger partial charge in [-0.05, 0) is 49.3 Å². The normalized spacial score (nSPS) is 31.2. The number of carbonyl (C=O) groups is 1. The Labute approximate surface area is 132 Å². The van der Waals surface area contributed by atoms with Gasteiger partial charge in [-0.1, -0.05) is 31.2 Å². The van der Waals surface area contributed by atoms with Crippen LogP contribution in [-0.4, -0.2) is 29.9 Å². The Bertz CT molecular complexity index is 636. The van der Waals surface area contributed by atoms with Crippen LogP contribution in [0.4, 0.5) is 5.69 Å². The zero-order valence-corrected chi connectivity index (χ0v) is 13.3. The molecule has 1 aromatic carbocycles. The molecule has 0 radical (unpaired) electrons. The van der Waals surface area contributed by atoms with Crippen LogP contribution in [0.5, 0.6) is 0 Å². The highest BCUT2D eigenvalue weighted by atomic mass is 16.1. The maximum absolute atomic E-state index is 12.3. The summed E-state index contributed by atoms with van der Waals surface area (Å²) in [6.07, 6.45) is 7.70. The van der Waals surface area contributed by atoms with Crippen LogP contribution in [0.2, 0.25) is 0 Å². The third kappa shape index (κ3) is 2.03. The lowest BCUT2D eigenvalue weighted by molar-refractivity contribution is -0.117. The lowest BCUT2D eigenvalue weighted by Crippen LogP contribution is -2.50. The zero-order valence-electron chi connectivity index (χ0n) is 13.3. The molecular weight excluding hydrogens is 272 g/mol. The number of nitrogens with zero attached hydrogens (tertiary/aromatic N) is 1. The highest BCUT2D eigenvalue weighted by Crippen LogP contribution is 2.51. The molecule has 1 fully saturated rings. The summed E-state index contributed by atoms with van der Waals surface area (Å²) < 4.78 is 0. The van der Waals surface area contributed by atoms with Gasteiger partial charge >= 0.3 is 0 Å². The van der Waals surface area contributed by atoms with Crippen LogP contribution in [0.25, 0.3) is 5.57 Å². The smallest absolute Gasteiger partial charge is 0.224 e. The van der Waals surface area contributed by atoms with Gasteiger partial charge in [0.2, 0.25) is 5.91 Å². The summed E-state index contributed by atoms with van der Waals surface area (Å²) in [5.74, 6) is 0.165. The second-order valence-electron chi connectivity index (χ2n) is 6.97. The van der Waals surface area contributed by atoms with E-state index in [9.17, 15) is 4.79 Å². The van der Waals surface area contributed by atoms with Crippen LogP contribution < -0.4 is 5.32 Å². The molecule has 0 aromatic heterocycles. The zero-order chi connectivity index (χ0) is 15.2. The standard InChI is InChI=1S/C19H24N2O/c1-2-19-10-5-12-21-13-9-15(18(19)21)14-6-3-4-7-16(14)20-17(22)8-11-19/h3-4,6-7,9,18H,2,5,8,10-13H2,1H3,(H,20,22)/t18-,19-/m0/s1. The van der Waals surface area contributed by atoms with E-state index in [1.165, 1.54) is 30.5 Å². The predicted octanol–water partition coefficient (Wildman–Crippen LogP) is 3.68. The van der Waals surface area contributed by atoms with Gasteiger partial charge in [-0.2, -0.15) is 0 Å². The van der Waals surface area contributed by atoms with Crippen LogP contribution in [-0.2, 0) is 4.79 Å². The number of amides is 1. The van der Waals surface area contributed by atoms with E-state index in [0.29, 0.717) is 12.5 Å². The van der Waals surface area contributed by atoms with Crippen molar-refractivity contribution in [2.45, 2.75) is 45.1 Å². The molecule has 1 aromatic rings. The number of anilines is 1. The Morgan fingerprint density at radius 3 is 3.05 bits per heavy atom. The van der Waals surface area contributed by atoms with Gasteiger partial charge in [0.05, 0.1) is 0 Å². The molecule has 1 saturated heterocycles. The minimum absolute atomic E-state index is 0.165. The van der Waals surface area contributed by atoms with Crippen molar-refractivity contribution in [3.05, 3.63) is 35.9 Å². The molecule has 2 atom stereocenters. The van der Waals surface area contributed by atoms with Crippen molar-refractivity contribution < 1.29 is 4.79 Å². The highest BCUT2D eigenvalue weighted by Gasteiger charge is 2.47. The monoisotopic (exact) mass is 296 g/mol. The average Bonchev–Trinajstić information content (AvgIpc) is 2.99. The van der Waals surface area contributed by atoms with Gasteiger partial charge in [0.25, 0.3) is 0 Å². The van der Waals surface area contributed by atoms with Crippen molar-refractivity contribution in [1.82, 2.24) is 4.90 Å². The molecule has 3 heteroatoms. The topological polar surface area (TPSA) is 32.3 Å². The van der Waals surface area contributed by atoms with E-state index < -0.39 is 0 Å². The summed E-state index contributed by atoms with van der Waals surface area (Å²) in [6.45, 7) is 4.56. The molecule has 1 N–H and O–H groups in total. The Balaban J connectivity index is 1.87. The minimum atomic E-state index is 0.165. The number of benzene rings is 1. The van der Waals surface area contributed by atoms with Gasteiger partial charge in [0.1, 0.15) is 0 Å². The number of rotatable bonds is 1. The third-order valence-electron chi connectivity index (χ3n) is 5.97. The van der Waals surface area contributed by atoms with Crippen molar-refractivity contribution in [2.24, 2.45) is 5.41 Å². The lowest BCUT2D eigenvalue weighted by atomic mass is 9.66. The number of nitrogens with one attached hydrogen (secondary N) is 1. The Morgan fingerprint density at radius 1 is 1.32 bits per heavy atom. The van der Waals surface area contributed by atoms with E-state index in [4.69, 9.17) is 0 Å². The SMILES string of the molecule is CC[C@]12CCCN3CC=C(c4ccccc4NC(=O)CC1)[C@H]32. The molecule has 0 aliphatic carbocycles. The summed E-state index contributed by atoms with van der Waals surface area (Å²) in [4.78, 5) is 15.0. The third-order valence-corrected chi connectivity index (χ3v) is 5.97. The van der Waals surface area contributed by atoms with Crippen LogP contribution >= 0.6 is 0 Å². The van der Waals surface area contributed by atoms with Crippen molar-refractivity contribution >= 4 is 17.2 Å². The van der Waals surface area contributed by atoms with E-state index >= 15 is 0 Å². The number of hydrogen-bond acceptors (Lipinski definition) is 2. The molecular formula is C19H24N2O. The average molecular weight is 296 g/mol. The maximum Gasteiger partial charge on any atom is 0.224 e. The highest BCUT2D eigenvalue weighted by molar-refractivity contribution is 5.95. The Kier molecular flexibility index (Phi) is 3.33. The summed E-state index contributed by atoms with van der Waals surface area (Å²) in [5.41, 5.74) is 3.91. The molecule has 1 amide bonds. The van der Waals surface area contributed by atoms with E-state index in [1.807, 2.05) is 12.1 Å². The van der Waals surface area contributed by atoms with Gasteiger partial charge in [-0.3, -0.25) is 9.69 Å². The van der Waals surface area contributed by atoms with Crippen molar-refractivity contribution in [1.29, 1.82) is 0 Å². The van der Waals surface area contributed by atoms with E-state index in [2.05, 4.69) is 35.3 Å². The van der Waals surface area contributed by atoms with E-state index in [1.54, 1.807) is 0 Å². The van der Waals surface area contributed by atoms with Crippen molar-refractivity contribution in [3.63, 3.8) is 0 Å². The van der Waals surface area contributed by atoms with Crippen LogP contribution in [0, 0.1) is 5.41 Å². The molecule has 116 valence electrons. The Morgan fingerprint density at radius 2 is 2.18 bits per heavy atom. The number of para-hydroxylation sites is 1. The number of carbonyl (C=O) groups excluding carboxylic acids is 1. The van der Waals surface area contributed by atoms with Crippen LogP contribution in [0.1, 0.15) is 44.6 Å². The first-order valence-corrected chi connectivity index (χ1v) is 8.57. The quantitative estimate of drug-likeness (QED) is 0.857. The summed E-state index contributed by atoms with van der Waals surface area (Å²) in [6, 6.07) is 8.80. The molecule has 0 spiro atoms. The summed E-state index contributed by atoms with van der Waals surface area (Å²) in [7, 11) is 0. The van der Waals surface area contributed by atoms with Gasteiger partial charge in [0.15, 0.2) is 0 Å². The van der Waals surface area contributed by atoms with Gasteiger partial charge < -0.3 is 5.32 Å². The first kappa shape index (κ1) is 14.0. The van der Waals surface area contributed by atoms with E-state index in [-0.39, 0.29) is 11.3 Å². The molecule has 3 aliphatic rings. The number of fused-ring (bicyclic) bond motifs is 2. The largest absolute Gasteiger partial charge is 0.326 e. The lowest BCUT2D eigenvalue weighted by Gasteiger charge is -2.48. The fourth-order valence-corrected chi connectivity index (χ4v) is 4.82. The van der Waals surface area contributed by atoms with E-state index in [0.717, 1.165) is 25.1 Å². The minimum Gasteiger partial charge on any atom is -0.326 e. The van der Waals surface area contributed by atoms with Crippen molar-refractivity contribution in [2.75, 3.05) is 18.4 Å². The van der Waals surface area contributed by atoms with Gasteiger partial charge in [0, 0.05) is 30.3 Å². The maximum atomic E-state index is 12.3. The molecule has 0 saturated carbocycles. The Hall–Kier alpha value is -1.61. The first-order valence-electron chi connectivity index (χ1n) is 8.57. The summed E-state index contributed by atoms with van der Waals surface area (Å²) >= 11 is 0. The molecule has 0 bridgehead atoms. The number of hydrogen-bond donors (Lipinski definition) is 1. The number of piperidine rings is 1. The van der Waals surface area contributed by atoms with Crippen molar-refractivity contribution in [3.8, 4) is 0 Å². The molecule has 4 rings (SSSR count). The summed E-state index contributed by atoms with van der Waals surface area (Å²) in [5, 5.41) is 3.14. The predicted molar refractivity (Wildman–Crippen MR) is 89.6 cm³/mol. The molecule has 3 heterocycles. The second kappa shape index (κ2) is 5.24. The fraction of sp³-hybridized carbons (Fsp3) is 0.526. The molecule has 3 nitrogen and oxygen atoms in total. The first-order chi connectivity index (χ1) is 10.7. The molecule has 22 heavy (non-hydrogen) atoms. The molecule has 0 unspecified atom stereocenters. The molecule has 3 aliphatic heterocycles. The van der Waals surface area contributed by atoms with Gasteiger partial charge in [-0.15, -0.1) is 0 Å².